The van der Waals surface area contributed by atoms with Crippen molar-refractivity contribution >= 4 is 28.8 Å². The highest BCUT2D eigenvalue weighted by Crippen LogP contribution is 2.30. The molecule has 1 aromatic carbocycles. The summed E-state index contributed by atoms with van der Waals surface area (Å²) < 4.78 is 13.1. The summed E-state index contributed by atoms with van der Waals surface area (Å²) in [5.74, 6) is -0.914. The average molecular weight is 346 g/mol. The van der Waals surface area contributed by atoms with Gasteiger partial charge in [-0.3, -0.25) is 9.59 Å². The Morgan fingerprint density at radius 1 is 1.25 bits per heavy atom. The second-order valence-corrected chi connectivity index (χ2v) is 7.12. The number of fused-ring (bicyclic) bond motifs is 1. The highest BCUT2D eigenvalue weighted by Gasteiger charge is 2.21. The first-order valence-corrected chi connectivity index (χ1v) is 8.77. The van der Waals surface area contributed by atoms with Gasteiger partial charge in [0.15, 0.2) is 0 Å². The van der Waals surface area contributed by atoms with E-state index in [2.05, 4.69) is 5.32 Å². The maximum Gasteiger partial charge on any atom is 0.264 e. The molecule has 1 aromatic heterocycles. The molecule has 0 bridgehead atoms. The minimum Gasteiger partial charge on any atom is -0.332 e. The molecule has 2 aromatic rings. The van der Waals surface area contributed by atoms with Crippen LogP contribution in [0, 0.1) is 5.82 Å². The van der Waals surface area contributed by atoms with Crippen molar-refractivity contribution in [1.82, 2.24) is 4.90 Å². The van der Waals surface area contributed by atoms with Crippen LogP contribution in [0.3, 0.4) is 0 Å². The molecular weight excluding hydrogens is 327 g/mol. The van der Waals surface area contributed by atoms with Gasteiger partial charge in [0.2, 0.25) is 5.91 Å². The van der Waals surface area contributed by atoms with Crippen molar-refractivity contribution in [2.24, 2.45) is 0 Å². The fourth-order valence-corrected chi connectivity index (χ4v) is 4.09. The molecule has 1 aliphatic carbocycles. The van der Waals surface area contributed by atoms with Gasteiger partial charge in [-0.1, -0.05) is 6.07 Å². The molecule has 1 heterocycles. The monoisotopic (exact) mass is 346 g/mol. The van der Waals surface area contributed by atoms with Gasteiger partial charge >= 0.3 is 0 Å². The molecule has 0 spiro atoms. The van der Waals surface area contributed by atoms with E-state index >= 15 is 0 Å². The number of benzene rings is 1. The molecule has 0 atom stereocenters. The standard InChI is InChI=1S/C18H19FN2O2S/c1-21(11-17(22)20-14-7-4-6-13(19)10-14)18(23)16-9-12-5-2-3-8-15(12)24-16/h4,6-7,9-10H,2-3,5,8,11H2,1H3,(H,20,22). The van der Waals surface area contributed by atoms with Gasteiger partial charge in [0.25, 0.3) is 5.91 Å². The van der Waals surface area contributed by atoms with Crippen LogP contribution in [0.4, 0.5) is 10.1 Å². The van der Waals surface area contributed by atoms with Gasteiger partial charge in [0.1, 0.15) is 5.82 Å². The lowest BCUT2D eigenvalue weighted by Gasteiger charge is -2.16. The van der Waals surface area contributed by atoms with Gasteiger partial charge in [-0.15, -0.1) is 11.3 Å². The fourth-order valence-electron chi connectivity index (χ4n) is 2.84. The molecule has 0 saturated carbocycles. The molecule has 0 saturated heterocycles. The summed E-state index contributed by atoms with van der Waals surface area (Å²) in [5.41, 5.74) is 1.65. The third-order valence-corrected chi connectivity index (χ3v) is 5.27. The molecule has 0 fully saturated rings. The molecule has 126 valence electrons. The van der Waals surface area contributed by atoms with Crippen molar-refractivity contribution in [3.8, 4) is 0 Å². The second-order valence-electron chi connectivity index (χ2n) is 5.99. The maximum atomic E-state index is 13.1. The van der Waals surface area contributed by atoms with Gasteiger partial charge in [-0.05, 0) is 55.5 Å². The molecule has 0 radical (unpaired) electrons. The predicted molar refractivity (Wildman–Crippen MR) is 93.0 cm³/mol. The molecule has 1 aliphatic rings. The molecule has 3 rings (SSSR count). The zero-order valence-corrected chi connectivity index (χ0v) is 14.3. The molecular formula is C18H19FN2O2S. The third kappa shape index (κ3) is 3.82. The van der Waals surface area contributed by atoms with Crippen LogP contribution in [0.15, 0.2) is 30.3 Å². The van der Waals surface area contributed by atoms with Gasteiger partial charge in [-0.2, -0.15) is 0 Å². The van der Waals surface area contributed by atoms with Gasteiger partial charge in [0.05, 0.1) is 11.4 Å². The number of amides is 2. The number of halogens is 1. The summed E-state index contributed by atoms with van der Waals surface area (Å²) in [6.45, 7) is -0.0715. The van der Waals surface area contributed by atoms with Crippen molar-refractivity contribution in [3.05, 3.63) is 51.5 Å². The van der Waals surface area contributed by atoms with Crippen LogP contribution < -0.4 is 5.32 Å². The van der Waals surface area contributed by atoms with Crippen molar-refractivity contribution in [3.63, 3.8) is 0 Å². The number of carbonyl (C=O) groups is 2. The topological polar surface area (TPSA) is 49.4 Å². The average Bonchev–Trinajstić information content (AvgIpc) is 2.97. The number of likely N-dealkylation sites (N-methyl/N-ethyl adjacent to an activating group) is 1. The van der Waals surface area contributed by atoms with E-state index in [4.69, 9.17) is 0 Å². The van der Waals surface area contributed by atoms with Crippen molar-refractivity contribution in [1.29, 1.82) is 0 Å². The molecule has 0 unspecified atom stereocenters. The van der Waals surface area contributed by atoms with Gasteiger partial charge < -0.3 is 10.2 Å². The molecule has 4 nitrogen and oxygen atoms in total. The van der Waals surface area contributed by atoms with Gasteiger partial charge in [-0.25, -0.2) is 4.39 Å². The lowest BCUT2D eigenvalue weighted by Crippen LogP contribution is -2.34. The molecule has 24 heavy (non-hydrogen) atoms. The summed E-state index contributed by atoms with van der Waals surface area (Å²) >= 11 is 1.53. The van der Waals surface area contributed by atoms with E-state index in [1.807, 2.05) is 6.07 Å². The second kappa shape index (κ2) is 7.13. The number of rotatable bonds is 4. The highest BCUT2D eigenvalue weighted by atomic mass is 32.1. The number of hydrogen-bond donors (Lipinski definition) is 1. The Bertz CT molecular complexity index is 749. The number of anilines is 1. The predicted octanol–water partition coefficient (Wildman–Crippen LogP) is 3.48. The Labute approximate surface area is 144 Å². The first-order chi connectivity index (χ1) is 11.5. The third-order valence-electron chi connectivity index (χ3n) is 4.04. The van der Waals surface area contributed by atoms with E-state index in [-0.39, 0.29) is 18.4 Å². The van der Waals surface area contributed by atoms with Crippen LogP contribution in [-0.2, 0) is 17.6 Å². The van der Waals surface area contributed by atoms with E-state index in [9.17, 15) is 14.0 Å². The Morgan fingerprint density at radius 3 is 2.79 bits per heavy atom. The zero-order chi connectivity index (χ0) is 17.1. The lowest BCUT2D eigenvalue weighted by atomic mass is 9.99. The van der Waals surface area contributed by atoms with Crippen LogP contribution in [0.5, 0.6) is 0 Å². The van der Waals surface area contributed by atoms with Crippen LogP contribution in [0.25, 0.3) is 0 Å². The normalized spacial score (nSPS) is 13.2. The van der Waals surface area contributed by atoms with Crippen LogP contribution in [0.1, 0.15) is 33.0 Å². The Hall–Kier alpha value is -2.21. The molecule has 0 aliphatic heterocycles. The van der Waals surface area contributed by atoms with E-state index in [0.29, 0.717) is 10.6 Å². The van der Waals surface area contributed by atoms with E-state index in [0.717, 1.165) is 12.8 Å². The Balaban J connectivity index is 1.61. The smallest absolute Gasteiger partial charge is 0.264 e. The molecule has 2 amide bonds. The van der Waals surface area contributed by atoms with E-state index in [1.165, 1.54) is 57.7 Å². The number of nitrogens with zero attached hydrogens (tertiary/aromatic N) is 1. The van der Waals surface area contributed by atoms with E-state index < -0.39 is 5.82 Å². The quantitative estimate of drug-likeness (QED) is 0.921. The number of aryl methyl sites for hydroxylation is 2. The zero-order valence-electron chi connectivity index (χ0n) is 13.5. The first kappa shape index (κ1) is 16.6. The van der Waals surface area contributed by atoms with Gasteiger partial charge in [0, 0.05) is 17.6 Å². The number of hydrogen-bond acceptors (Lipinski definition) is 3. The summed E-state index contributed by atoms with van der Waals surface area (Å²) in [6, 6.07) is 7.64. The molecule has 1 N–H and O–H groups in total. The minimum absolute atomic E-state index is 0.0715. The Kier molecular flexibility index (Phi) is 4.94. The van der Waals surface area contributed by atoms with E-state index in [1.54, 1.807) is 13.1 Å². The van der Waals surface area contributed by atoms with Crippen molar-refractivity contribution < 1.29 is 14.0 Å². The largest absolute Gasteiger partial charge is 0.332 e. The molecule has 6 heteroatoms. The summed E-state index contributed by atoms with van der Waals surface area (Å²) in [7, 11) is 1.60. The summed E-state index contributed by atoms with van der Waals surface area (Å²) in [5, 5.41) is 2.60. The van der Waals surface area contributed by atoms with Crippen LogP contribution >= 0.6 is 11.3 Å². The number of nitrogens with one attached hydrogen (secondary N) is 1. The van der Waals surface area contributed by atoms with Crippen LogP contribution in [0.2, 0.25) is 0 Å². The minimum atomic E-state index is -0.415. The highest BCUT2D eigenvalue weighted by molar-refractivity contribution is 7.14. The first-order valence-electron chi connectivity index (χ1n) is 7.95. The van der Waals surface area contributed by atoms with Crippen LogP contribution in [-0.4, -0.2) is 30.3 Å². The Morgan fingerprint density at radius 2 is 2.04 bits per heavy atom. The number of carbonyl (C=O) groups excluding carboxylic acids is 2. The maximum absolute atomic E-state index is 13.1. The summed E-state index contributed by atoms with van der Waals surface area (Å²) in [6.07, 6.45) is 4.41. The summed E-state index contributed by atoms with van der Waals surface area (Å²) in [4.78, 5) is 27.9. The van der Waals surface area contributed by atoms with Crippen molar-refractivity contribution in [2.75, 3.05) is 18.9 Å². The van der Waals surface area contributed by atoms with Crippen molar-refractivity contribution in [2.45, 2.75) is 25.7 Å². The SMILES string of the molecule is CN(CC(=O)Nc1cccc(F)c1)C(=O)c1cc2c(s1)CCCC2. The lowest BCUT2D eigenvalue weighted by molar-refractivity contribution is -0.116. The number of thiophene rings is 1. The fraction of sp³-hybridized carbons (Fsp3) is 0.333.